The maximum absolute atomic E-state index is 15.5. The van der Waals surface area contributed by atoms with E-state index < -0.39 is 104 Å². The van der Waals surface area contributed by atoms with Crippen LogP contribution in [-0.2, 0) is 74.6 Å². The number of primary amides is 1. The van der Waals surface area contributed by atoms with Gasteiger partial charge in [-0.1, -0.05) is 85.8 Å². The van der Waals surface area contributed by atoms with Crippen molar-refractivity contribution in [2.24, 2.45) is 5.73 Å². The fourth-order valence-corrected chi connectivity index (χ4v) is 11.1. The number of aryl methyl sites for hydroxylation is 1. The molecule has 2 aliphatic carbocycles. The lowest BCUT2D eigenvalue weighted by Gasteiger charge is -2.31. The molecule has 3 atom stereocenters. The van der Waals surface area contributed by atoms with Crippen LogP contribution in [0.2, 0.25) is 0 Å². The number of cyclic esters (lactones) is 1. The zero-order chi connectivity index (χ0) is 55.0. The topological polar surface area (TPSA) is 280 Å². The van der Waals surface area contributed by atoms with Crippen LogP contribution in [0.15, 0.2) is 95.8 Å². The predicted molar refractivity (Wildman–Crippen MR) is 278 cm³/mol. The Hall–Kier alpha value is -8.82. The SMILES string of the molecule is CC[C@@]1(O)C(=O)OCc2c1cc1n(c2=O)Cc2c-1nc1cc(F)c(C)c3c1c2[C@@H](NC(=O)COCN(CC(N)=O)C(=O)[C@H](Cc1ccccc1)NC(=O)CNC(=O)CNC(=O)OCC1c2ccccc2-c2ccccc21)CC3. The number of nitrogens with zero attached hydrogens (tertiary/aromatic N) is 3. The summed E-state index contributed by atoms with van der Waals surface area (Å²) in [5.74, 6) is -5.39. The van der Waals surface area contributed by atoms with Crippen LogP contribution in [0.1, 0.15) is 81.8 Å². The number of benzene rings is 4. The summed E-state index contributed by atoms with van der Waals surface area (Å²) < 4.78 is 33.5. The number of nitrogens with one attached hydrogen (secondary N) is 4. The molecule has 4 heterocycles. The molecule has 0 fully saturated rings. The number of aromatic nitrogens is 2. The van der Waals surface area contributed by atoms with Crippen molar-refractivity contribution >= 4 is 52.5 Å². The summed E-state index contributed by atoms with van der Waals surface area (Å²) >= 11 is 0. The van der Waals surface area contributed by atoms with Crippen LogP contribution in [-0.4, -0.2) is 107 Å². The lowest BCUT2D eigenvalue weighted by molar-refractivity contribution is -0.172. The molecule has 0 saturated heterocycles. The second kappa shape index (κ2) is 21.7. The van der Waals surface area contributed by atoms with Crippen molar-refractivity contribution in [3.05, 3.63) is 157 Å². The van der Waals surface area contributed by atoms with Crippen LogP contribution in [0.25, 0.3) is 33.4 Å². The standard InChI is InChI=1S/C57H55FN8O12/c1-3-57(75)40-20-45-52-37(24-66(45)53(71)39(40)27-77-55(57)73)51-42(18-17-32-30(2)41(58)21-43(64-52)50(32)51)62-49(70)28-76-29-65(25-46(59)67)54(72)44(19-31-11-5-4-6-12-31)63-48(69)23-60-47(68)22-61-56(74)78-26-38-35-15-9-7-13-33(35)34-14-8-10-16-36(34)38/h4-16,20-21,38,42,44,75H,3,17-19,22-29H2,1-2H3,(H2,59,67)(H,60,68)(H,61,74)(H,62,70)(H,63,69)/t42-,44-,57-/m0/s1. The van der Waals surface area contributed by atoms with Gasteiger partial charge in [-0.3, -0.25) is 28.8 Å². The van der Waals surface area contributed by atoms with Crippen molar-refractivity contribution in [2.75, 3.05) is 39.6 Å². The van der Waals surface area contributed by atoms with E-state index in [9.17, 15) is 43.5 Å². The summed E-state index contributed by atoms with van der Waals surface area (Å²) in [5.41, 5.74) is 11.3. The average Bonchev–Trinajstić information content (AvgIpc) is 4.04. The van der Waals surface area contributed by atoms with E-state index in [1.165, 1.54) is 10.6 Å². The Morgan fingerprint density at radius 1 is 0.910 bits per heavy atom. The largest absolute Gasteiger partial charge is 0.458 e. The van der Waals surface area contributed by atoms with Gasteiger partial charge < -0.3 is 55.8 Å². The van der Waals surface area contributed by atoms with E-state index in [2.05, 4.69) is 21.3 Å². The van der Waals surface area contributed by atoms with Crippen molar-refractivity contribution < 1.29 is 57.3 Å². The Balaban J connectivity index is 0.783. The second-order valence-corrected chi connectivity index (χ2v) is 19.7. The van der Waals surface area contributed by atoms with E-state index in [-0.39, 0.29) is 55.2 Å². The number of hydrogen-bond acceptors (Lipinski definition) is 13. The smallest absolute Gasteiger partial charge is 0.407 e. The van der Waals surface area contributed by atoms with Crippen LogP contribution in [0.5, 0.6) is 0 Å². The van der Waals surface area contributed by atoms with Gasteiger partial charge in [-0.2, -0.15) is 0 Å². The number of alkyl carbamates (subject to hydrolysis) is 1. The minimum Gasteiger partial charge on any atom is -0.458 e. The monoisotopic (exact) mass is 1060 g/mol. The van der Waals surface area contributed by atoms with Crippen LogP contribution in [0.3, 0.4) is 0 Å². The molecule has 402 valence electrons. The molecule has 2 aromatic heterocycles. The number of carbonyl (C=O) groups excluding carboxylic acids is 7. The summed E-state index contributed by atoms with van der Waals surface area (Å²) in [7, 11) is 0. The lowest BCUT2D eigenvalue weighted by atomic mass is 9.81. The maximum Gasteiger partial charge on any atom is 0.407 e. The van der Waals surface area contributed by atoms with Gasteiger partial charge in [-0.05, 0) is 76.8 Å². The van der Waals surface area contributed by atoms with E-state index in [4.69, 9.17) is 24.9 Å². The van der Waals surface area contributed by atoms with Gasteiger partial charge in [-0.15, -0.1) is 0 Å². The molecule has 6 aromatic rings. The van der Waals surface area contributed by atoms with E-state index in [0.717, 1.165) is 27.2 Å². The van der Waals surface area contributed by atoms with Crippen molar-refractivity contribution in [3.8, 4) is 22.5 Å². The summed E-state index contributed by atoms with van der Waals surface area (Å²) in [6.45, 7) is -0.0280. The molecule has 0 saturated carbocycles. The first kappa shape index (κ1) is 52.6. The molecule has 4 aliphatic rings. The first-order chi connectivity index (χ1) is 37.5. The van der Waals surface area contributed by atoms with Gasteiger partial charge in [-0.25, -0.2) is 19.0 Å². The number of nitrogens with two attached hydrogens (primary N) is 1. The van der Waals surface area contributed by atoms with Crippen molar-refractivity contribution in [1.29, 1.82) is 0 Å². The number of hydrogen-bond donors (Lipinski definition) is 6. The molecular weight excluding hydrogens is 1010 g/mol. The van der Waals surface area contributed by atoms with Gasteiger partial charge in [0.15, 0.2) is 5.60 Å². The van der Waals surface area contributed by atoms with E-state index in [1.54, 1.807) is 50.2 Å². The van der Waals surface area contributed by atoms with Gasteiger partial charge in [0.1, 0.15) is 51.5 Å². The van der Waals surface area contributed by atoms with Crippen LogP contribution in [0.4, 0.5) is 9.18 Å². The highest BCUT2D eigenvalue weighted by molar-refractivity contribution is 5.95. The zero-order valence-electron chi connectivity index (χ0n) is 42.6. The molecule has 6 amide bonds. The summed E-state index contributed by atoms with van der Waals surface area (Å²) in [6, 6.07) is 25.2. The molecule has 2 aliphatic heterocycles. The molecule has 7 N–H and O–H groups in total. The van der Waals surface area contributed by atoms with Gasteiger partial charge in [0.25, 0.3) is 5.56 Å². The number of fused-ring (bicyclic) bond motifs is 8. The first-order valence-electron chi connectivity index (χ1n) is 25.5. The fraction of sp³-hybridized carbons (Fsp3) is 0.316. The number of amides is 6. The molecule has 4 aromatic carbocycles. The first-order valence-corrected chi connectivity index (χ1v) is 25.5. The highest BCUT2D eigenvalue weighted by atomic mass is 19.1. The Bertz CT molecular complexity index is 3490. The van der Waals surface area contributed by atoms with E-state index in [0.29, 0.717) is 57.4 Å². The third-order valence-electron chi connectivity index (χ3n) is 15.0. The number of esters is 1. The number of rotatable bonds is 18. The highest BCUT2D eigenvalue weighted by Gasteiger charge is 2.46. The lowest BCUT2D eigenvalue weighted by Crippen LogP contribution is -2.54. The molecule has 0 radical (unpaired) electrons. The van der Waals surface area contributed by atoms with E-state index in [1.807, 2.05) is 48.5 Å². The van der Waals surface area contributed by atoms with Crippen molar-refractivity contribution in [3.63, 3.8) is 0 Å². The average molecular weight is 1060 g/mol. The number of pyridine rings is 2. The molecule has 0 spiro atoms. The van der Waals surface area contributed by atoms with Gasteiger partial charge in [0.05, 0.1) is 41.6 Å². The Morgan fingerprint density at radius 2 is 1.60 bits per heavy atom. The van der Waals surface area contributed by atoms with E-state index >= 15 is 4.39 Å². The van der Waals surface area contributed by atoms with Crippen LogP contribution >= 0.6 is 0 Å². The van der Waals surface area contributed by atoms with Gasteiger partial charge >= 0.3 is 12.1 Å². The quantitative estimate of drug-likeness (QED) is 0.0533. The third-order valence-corrected chi connectivity index (χ3v) is 15.0. The Labute approximate surface area is 445 Å². The number of carbonyl (C=O) groups is 7. The second-order valence-electron chi connectivity index (χ2n) is 19.7. The number of aliphatic hydroxyl groups is 1. The molecule has 0 unspecified atom stereocenters. The molecule has 10 rings (SSSR count). The van der Waals surface area contributed by atoms with Crippen molar-refractivity contribution in [1.82, 2.24) is 35.7 Å². The zero-order valence-corrected chi connectivity index (χ0v) is 42.6. The Morgan fingerprint density at radius 3 is 2.31 bits per heavy atom. The molecule has 20 nitrogen and oxygen atoms in total. The van der Waals surface area contributed by atoms with Crippen LogP contribution < -0.4 is 32.6 Å². The summed E-state index contributed by atoms with van der Waals surface area (Å²) in [4.78, 5) is 112. The van der Waals surface area contributed by atoms with Gasteiger partial charge in [0.2, 0.25) is 29.5 Å². The summed E-state index contributed by atoms with van der Waals surface area (Å²) in [6.07, 6.45) is -0.276. The normalized spacial score (nSPS) is 16.8. The van der Waals surface area contributed by atoms with Crippen LogP contribution in [0, 0.1) is 12.7 Å². The molecule has 21 heteroatoms. The fourth-order valence-electron chi connectivity index (χ4n) is 11.1. The Kier molecular flexibility index (Phi) is 14.6. The number of halogens is 1. The summed E-state index contributed by atoms with van der Waals surface area (Å²) in [5, 5.41) is 22.5. The molecule has 0 bridgehead atoms. The van der Waals surface area contributed by atoms with Gasteiger partial charge in [0, 0.05) is 34.9 Å². The molecule has 78 heavy (non-hydrogen) atoms. The highest BCUT2D eigenvalue weighted by Crippen LogP contribution is 2.47. The third kappa shape index (κ3) is 10.0. The minimum atomic E-state index is -2.07. The molecular formula is C57H55FN8O12. The maximum atomic E-state index is 15.5. The minimum absolute atomic E-state index is 0.0183. The number of ether oxygens (including phenoxy) is 3. The predicted octanol–water partition coefficient (Wildman–Crippen LogP) is 3.30. The van der Waals surface area contributed by atoms with Crippen molar-refractivity contribution in [2.45, 2.75) is 76.3 Å².